The molecule has 8 nitrogen and oxygen atoms in total. The summed E-state index contributed by atoms with van der Waals surface area (Å²) in [6.45, 7) is 5.12. The predicted molar refractivity (Wildman–Crippen MR) is 102 cm³/mol. The van der Waals surface area contributed by atoms with E-state index in [4.69, 9.17) is 0 Å². The van der Waals surface area contributed by atoms with Gasteiger partial charge in [0.15, 0.2) is 5.78 Å². The molecule has 1 heterocycles. The zero-order chi connectivity index (χ0) is 20.4. The Morgan fingerprint density at radius 1 is 0.964 bits per heavy atom. The van der Waals surface area contributed by atoms with E-state index in [9.17, 15) is 19.2 Å². The van der Waals surface area contributed by atoms with Crippen molar-refractivity contribution in [1.82, 2.24) is 5.32 Å². The first-order valence-corrected chi connectivity index (χ1v) is 8.55. The van der Waals surface area contributed by atoms with E-state index in [1.165, 1.54) is 25.1 Å². The van der Waals surface area contributed by atoms with Crippen molar-refractivity contribution in [2.75, 3.05) is 5.32 Å². The summed E-state index contributed by atoms with van der Waals surface area (Å²) in [6.07, 6.45) is 0. The lowest BCUT2D eigenvalue weighted by molar-refractivity contribution is -0.126. The lowest BCUT2D eigenvalue weighted by Gasteiger charge is -2.10. The molecule has 8 heteroatoms. The number of rotatable bonds is 5. The molecule has 1 atom stereocenters. The van der Waals surface area contributed by atoms with Crippen LogP contribution in [0.3, 0.4) is 0 Å². The monoisotopic (exact) mass is 378 g/mol. The van der Waals surface area contributed by atoms with Crippen LogP contribution in [0.1, 0.15) is 38.8 Å². The van der Waals surface area contributed by atoms with Crippen molar-refractivity contribution in [1.29, 1.82) is 0 Å². The zero-order valence-electron chi connectivity index (χ0n) is 15.6. The van der Waals surface area contributed by atoms with Gasteiger partial charge in [-0.25, -0.2) is 0 Å². The molecular formula is C20H18N4O4. The van der Waals surface area contributed by atoms with Crippen LogP contribution in [0.2, 0.25) is 0 Å². The molecule has 0 aromatic heterocycles. The molecule has 142 valence electrons. The highest BCUT2D eigenvalue weighted by Gasteiger charge is 2.27. The van der Waals surface area contributed by atoms with E-state index in [1.807, 2.05) is 19.9 Å². The minimum absolute atomic E-state index is 0.181. The van der Waals surface area contributed by atoms with Gasteiger partial charge in [0.05, 0.1) is 16.8 Å². The molecule has 1 aliphatic rings. The van der Waals surface area contributed by atoms with E-state index in [1.54, 1.807) is 12.1 Å². The summed E-state index contributed by atoms with van der Waals surface area (Å²) in [6, 6.07) is 8.40. The van der Waals surface area contributed by atoms with Gasteiger partial charge >= 0.3 is 0 Å². The molecule has 3 rings (SSSR count). The zero-order valence-corrected chi connectivity index (χ0v) is 15.6. The fourth-order valence-electron chi connectivity index (χ4n) is 2.69. The number of hydrogen-bond donors (Lipinski definition) is 2. The summed E-state index contributed by atoms with van der Waals surface area (Å²) in [7, 11) is 0. The third-order valence-corrected chi connectivity index (χ3v) is 4.42. The number of hydrogen-bond acceptors (Lipinski definition) is 6. The first-order chi connectivity index (χ1) is 13.3. The average molecular weight is 378 g/mol. The second kappa shape index (κ2) is 7.51. The Morgan fingerprint density at radius 3 is 2.36 bits per heavy atom. The summed E-state index contributed by atoms with van der Waals surface area (Å²) < 4.78 is 0. The Kier molecular flexibility index (Phi) is 5.12. The standard InChI is InChI=1S/C20H18N4O4/c1-10-4-5-13(8-11(10)2)21-20(28)17(12(3)25)24-23-14-6-7-15-16(9-14)19(27)22-18(15)26/h4-9,17H,1-3H3,(H,21,28)(H,22,26,27). The number of amides is 3. The van der Waals surface area contributed by atoms with Gasteiger partial charge in [0.1, 0.15) is 0 Å². The summed E-state index contributed by atoms with van der Waals surface area (Å²) in [5.74, 6) is -2.07. The largest absolute Gasteiger partial charge is 0.324 e. The van der Waals surface area contributed by atoms with Crippen molar-refractivity contribution in [3.63, 3.8) is 0 Å². The smallest absolute Gasteiger partial charge is 0.259 e. The number of carbonyl (C=O) groups excluding carboxylic acids is 4. The van der Waals surface area contributed by atoms with Gasteiger partial charge in [0, 0.05) is 5.69 Å². The van der Waals surface area contributed by atoms with Crippen LogP contribution in [-0.4, -0.2) is 29.5 Å². The maximum Gasteiger partial charge on any atom is 0.259 e. The number of fused-ring (bicyclic) bond motifs is 1. The maximum atomic E-state index is 12.5. The summed E-state index contributed by atoms with van der Waals surface area (Å²) in [4.78, 5) is 47.6. The molecule has 28 heavy (non-hydrogen) atoms. The van der Waals surface area contributed by atoms with E-state index < -0.39 is 29.5 Å². The minimum Gasteiger partial charge on any atom is -0.324 e. The number of carbonyl (C=O) groups is 4. The first kappa shape index (κ1) is 19.1. The number of nitrogens with one attached hydrogen (secondary N) is 2. The fraction of sp³-hybridized carbons (Fsp3) is 0.200. The van der Waals surface area contributed by atoms with E-state index in [-0.39, 0.29) is 16.8 Å². The van der Waals surface area contributed by atoms with Crippen LogP contribution in [0.25, 0.3) is 0 Å². The van der Waals surface area contributed by atoms with Gasteiger partial charge < -0.3 is 5.32 Å². The highest BCUT2D eigenvalue weighted by atomic mass is 16.2. The minimum atomic E-state index is -1.33. The topological polar surface area (TPSA) is 117 Å². The molecule has 2 N–H and O–H groups in total. The number of imide groups is 1. The lowest BCUT2D eigenvalue weighted by atomic mass is 10.1. The van der Waals surface area contributed by atoms with Gasteiger partial charge in [-0.1, -0.05) is 6.07 Å². The van der Waals surface area contributed by atoms with Crippen molar-refractivity contribution < 1.29 is 19.2 Å². The van der Waals surface area contributed by atoms with Gasteiger partial charge in [-0.3, -0.25) is 24.5 Å². The molecule has 0 saturated heterocycles. The average Bonchev–Trinajstić information content (AvgIpc) is 2.92. The van der Waals surface area contributed by atoms with Crippen LogP contribution in [0.4, 0.5) is 11.4 Å². The molecule has 2 aromatic rings. The van der Waals surface area contributed by atoms with Crippen LogP contribution < -0.4 is 10.6 Å². The third-order valence-electron chi connectivity index (χ3n) is 4.42. The molecule has 1 unspecified atom stereocenters. The van der Waals surface area contributed by atoms with Crippen molar-refractivity contribution in [3.8, 4) is 0 Å². The molecule has 0 aliphatic carbocycles. The second-order valence-corrected chi connectivity index (χ2v) is 6.53. The normalized spacial score (nSPS) is 14.0. The van der Waals surface area contributed by atoms with Gasteiger partial charge in [0.25, 0.3) is 17.7 Å². The molecule has 3 amide bonds. The molecule has 0 bridgehead atoms. The predicted octanol–water partition coefficient (Wildman–Crippen LogP) is 2.87. The van der Waals surface area contributed by atoms with E-state index in [0.717, 1.165) is 11.1 Å². The quantitative estimate of drug-likeness (QED) is 0.472. The van der Waals surface area contributed by atoms with Crippen LogP contribution in [-0.2, 0) is 9.59 Å². The summed E-state index contributed by atoms with van der Waals surface area (Å²) >= 11 is 0. The van der Waals surface area contributed by atoms with E-state index >= 15 is 0 Å². The molecule has 0 spiro atoms. The van der Waals surface area contributed by atoms with Crippen molar-refractivity contribution >= 4 is 34.9 Å². The molecule has 0 saturated carbocycles. The lowest BCUT2D eigenvalue weighted by Crippen LogP contribution is -2.31. The fourth-order valence-corrected chi connectivity index (χ4v) is 2.69. The van der Waals surface area contributed by atoms with Crippen molar-refractivity contribution in [3.05, 3.63) is 58.7 Å². The Morgan fingerprint density at radius 2 is 1.68 bits per heavy atom. The van der Waals surface area contributed by atoms with Gasteiger partial charge in [-0.15, -0.1) is 0 Å². The third kappa shape index (κ3) is 3.85. The number of aryl methyl sites for hydroxylation is 2. The van der Waals surface area contributed by atoms with Gasteiger partial charge in [0.2, 0.25) is 6.04 Å². The van der Waals surface area contributed by atoms with Crippen LogP contribution in [0.5, 0.6) is 0 Å². The number of ketones is 1. The summed E-state index contributed by atoms with van der Waals surface area (Å²) in [5, 5.41) is 12.6. The number of anilines is 1. The van der Waals surface area contributed by atoms with Crippen molar-refractivity contribution in [2.24, 2.45) is 10.2 Å². The first-order valence-electron chi connectivity index (χ1n) is 8.55. The Labute approximate surface area is 161 Å². The SMILES string of the molecule is CC(=O)C(N=Nc1ccc2c(c1)C(=O)NC2=O)C(=O)Nc1ccc(C)c(C)c1. The molecule has 0 fully saturated rings. The van der Waals surface area contributed by atoms with Crippen LogP contribution >= 0.6 is 0 Å². The Balaban J connectivity index is 1.79. The Bertz CT molecular complexity index is 1040. The highest BCUT2D eigenvalue weighted by molar-refractivity contribution is 6.21. The van der Waals surface area contributed by atoms with Crippen LogP contribution in [0.15, 0.2) is 46.6 Å². The van der Waals surface area contributed by atoms with Gasteiger partial charge in [-0.05, 0) is 62.2 Å². The number of Topliss-reactive ketones (excluding diaryl/α,β-unsaturated/α-hetero) is 1. The van der Waals surface area contributed by atoms with Crippen LogP contribution in [0, 0.1) is 13.8 Å². The molecule has 0 radical (unpaired) electrons. The molecular weight excluding hydrogens is 360 g/mol. The van der Waals surface area contributed by atoms with E-state index in [2.05, 4.69) is 20.9 Å². The maximum absolute atomic E-state index is 12.5. The molecule has 1 aliphatic heterocycles. The Hall–Kier alpha value is -3.68. The van der Waals surface area contributed by atoms with Crippen molar-refractivity contribution in [2.45, 2.75) is 26.8 Å². The molecule has 2 aromatic carbocycles. The number of azo groups is 1. The summed E-state index contributed by atoms with van der Waals surface area (Å²) in [5.41, 5.74) is 3.33. The van der Waals surface area contributed by atoms with Gasteiger partial charge in [-0.2, -0.15) is 10.2 Å². The number of nitrogens with zero attached hydrogens (tertiary/aromatic N) is 2. The number of benzene rings is 2. The highest BCUT2D eigenvalue weighted by Crippen LogP contribution is 2.23. The second-order valence-electron chi connectivity index (χ2n) is 6.53. The van der Waals surface area contributed by atoms with E-state index in [0.29, 0.717) is 5.69 Å².